The zero-order valence-corrected chi connectivity index (χ0v) is 17.1. The van der Waals surface area contributed by atoms with Gasteiger partial charge in [0.1, 0.15) is 0 Å². The van der Waals surface area contributed by atoms with Gasteiger partial charge in [-0.05, 0) is 19.1 Å². The summed E-state index contributed by atoms with van der Waals surface area (Å²) in [4.78, 5) is 6.73. The number of thioether (sulfide) groups is 1. The fraction of sp³-hybridized carbons (Fsp3) is 0.474. The standard InChI is InChI=1S/C19H24N6O2S/c1-13(2)16-20-17(27-23-16)14(3)28-19-22-21-18(24-9-11-26-12-10-24)25(19)15-7-5-4-6-8-15/h4-8,13-14H,9-12H2,1-3H3/t14-/m0/s1. The van der Waals surface area contributed by atoms with Gasteiger partial charge < -0.3 is 14.2 Å². The highest BCUT2D eigenvalue weighted by molar-refractivity contribution is 7.99. The third kappa shape index (κ3) is 3.90. The van der Waals surface area contributed by atoms with Crippen molar-refractivity contribution in [2.45, 2.75) is 37.1 Å². The van der Waals surface area contributed by atoms with Gasteiger partial charge in [-0.25, -0.2) is 0 Å². The van der Waals surface area contributed by atoms with Crippen LogP contribution in [0.1, 0.15) is 43.7 Å². The summed E-state index contributed by atoms with van der Waals surface area (Å²) >= 11 is 1.56. The first kappa shape index (κ1) is 18.9. The number of benzene rings is 1. The van der Waals surface area contributed by atoms with Gasteiger partial charge in [0.25, 0.3) is 0 Å². The van der Waals surface area contributed by atoms with Crippen molar-refractivity contribution in [1.82, 2.24) is 24.9 Å². The number of hydrogen-bond donors (Lipinski definition) is 0. The molecule has 1 fully saturated rings. The maximum Gasteiger partial charge on any atom is 0.239 e. The lowest BCUT2D eigenvalue weighted by Crippen LogP contribution is -2.37. The van der Waals surface area contributed by atoms with Gasteiger partial charge in [-0.3, -0.25) is 4.57 Å². The molecule has 0 bridgehead atoms. The second-order valence-corrected chi connectivity index (χ2v) is 8.27. The molecule has 9 heteroatoms. The zero-order valence-electron chi connectivity index (χ0n) is 16.3. The molecule has 0 unspecified atom stereocenters. The largest absolute Gasteiger partial charge is 0.378 e. The topological polar surface area (TPSA) is 82.1 Å². The molecular weight excluding hydrogens is 376 g/mol. The molecule has 0 saturated carbocycles. The molecule has 148 valence electrons. The molecule has 0 aliphatic carbocycles. The Labute approximate surface area is 168 Å². The second kappa shape index (κ2) is 8.32. The van der Waals surface area contributed by atoms with E-state index < -0.39 is 0 Å². The van der Waals surface area contributed by atoms with Crippen molar-refractivity contribution in [2.24, 2.45) is 0 Å². The van der Waals surface area contributed by atoms with E-state index in [4.69, 9.17) is 9.26 Å². The molecule has 0 radical (unpaired) electrons. The quantitative estimate of drug-likeness (QED) is 0.582. The third-order valence-corrected chi connectivity index (χ3v) is 5.56. The van der Waals surface area contributed by atoms with Crippen molar-refractivity contribution in [1.29, 1.82) is 0 Å². The number of para-hydroxylation sites is 1. The lowest BCUT2D eigenvalue weighted by atomic mass is 10.2. The molecule has 3 heterocycles. The van der Waals surface area contributed by atoms with Crippen molar-refractivity contribution in [3.63, 3.8) is 0 Å². The average Bonchev–Trinajstić information content (AvgIpc) is 3.37. The van der Waals surface area contributed by atoms with E-state index >= 15 is 0 Å². The molecular formula is C19H24N6O2S. The van der Waals surface area contributed by atoms with E-state index in [0.29, 0.717) is 19.1 Å². The zero-order chi connectivity index (χ0) is 19.5. The van der Waals surface area contributed by atoms with E-state index in [1.165, 1.54) is 0 Å². The normalized spacial score (nSPS) is 15.9. The number of rotatable bonds is 6. The Morgan fingerprint density at radius 3 is 2.46 bits per heavy atom. The molecule has 1 aliphatic rings. The Balaban J connectivity index is 1.65. The molecule has 8 nitrogen and oxygen atoms in total. The van der Waals surface area contributed by atoms with Gasteiger partial charge in [0.05, 0.1) is 24.2 Å². The van der Waals surface area contributed by atoms with E-state index in [-0.39, 0.29) is 11.2 Å². The van der Waals surface area contributed by atoms with Crippen LogP contribution in [-0.2, 0) is 4.74 Å². The van der Waals surface area contributed by atoms with Gasteiger partial charge in [0.15, 0.2) is 11.0 Å². The van der Waals surface area contributed by atoms with Crippen LogP contribution in [0.5, 0.6) is 0 Å². The molecule has 0 spiro atoms. The Bertz CT molecular complexity index is 904. The summed E-state index contributed by atoms with van der Waals surface area (Å²) in [7, 11) is 0. The van der Waals surface area contributed by atoms with Crippen molar-refractivity contribution in [2.75, 3.05) is 31.2 Å². The van der Waals surface area contributed by atoms with Gasteiger partial charge in [-0.1, -0.05) is 49.0 Å². The summed E-state index contributed by atoms with van der Waals surface area (Å²) in [6.07, 6.45) is 0. The summed E-state index contributed by atoms with van der Waals surface area (Å²) in [5.41, 5.74) is 1.03. The van der Waals surface area contributed by atoms with Crippen molar-refractivity contribution < 1.29 is 9.26 Å². The lowest BCUT2D eigenvalue weighted by Gasteiger charge is -2.28. The molecule has 28 heavy (non-hydrogen) atoms. The predicted octanol–water partition coefficient (Wildman–Crippen LogP) is 3.46. The monoisotopic (exact) mass is 400 g/mol. The molecule has 1 aliphatic heterocycles. The third-order valence-electron chi connectivity index (χ3n) is 4.53. The van der Waals surface area contributed by atoms with Gasteiger partial charge in [-0.15, -0.1) is 10.2 Å². The SMILES string of the molecule is CC(C)c1noc([C@H](C)Sc2nnc(N3CCOCC3)n2-c2ccccc2)n1. The molecule has 4 rings (SSSR count). The van der Waals surface area contributed by atoms with Crippen molar-refractivity contribution in [3.8, 4) is 5.69 Å². The Kier molecular flexibility index (Phi) is 5.63. The summed E-state index contributed by atoms with van der Waals surface area (Å²) in [5, 5.41) is 13.8. The summed E-state index contributed by atoms with van der Waals surface area (Å²) < 4.78 is 13.0. The number of ether oxygens (including phenoxy) is 1. The molecule has 2 aromatic heterocycles. The summed E-state index contributed by atoms with van der Waals surface area (Å²) in [5.74, 6) is 2.39. The minimum absolute atomic E-state index is 0.0378. The highest BCUT2D eigenvalue weighted by atomic mass is 32.2. The first-order chi connectivity index (χ1) is 13.6. The van der Waals surface area contributed by atoms with Gasteiger partial charge in [-0.2, -0.15) is 4.98 Å². The molecule has 1 atom stereocenters. The van der Waals surface area contributed by atoms with E-state index in [2.05, 4.69) is 41.9 Å². The number of hydrogen-bond acceptors (Lipinski definition) is 8. The van der Waals surface area contributed by atoms with E-state index in [9.17, 15) is 0 Å². The number of aromatic nitrogens is 5. The fourth-order valence-electron chi connectivity index (χ4n) is 2.97. The Morgan fingerprint density at radius 2 is 1.79 bits per heavy atom. The molecule has 0 N–H and O–H groups in total. The van der Waals surface area contributed by atoms with Gasteiger partial charge in [0, 0.05) is 19.0 Å². The van der Waals surface area contributed by atoms with Crippen LogP contribution in [-0.4, -0.2) is 51.2 Å². The van der Waals surface area contributed by atoms with E-state index in [0.717, 1.165) is 35.7 Å². The molecule has 0 amide bonds. The summed E-state index contributed by atoms with van der Waals surface area (Å²) in [6, 6.07) is 10.2. The number of nitrogens with zero attached hydrogens (tertiary/aromatic N) is 6. The highest BCUT2D eigenvalue weighted by Crippen LogP contribution is 2.36. The minimum atomic E-state index is -0.0378. The molecule has 1 saturated heterocycles. The van der Waals surface area contributed by atoms with Gasteiger partial charge >= 0.3 is 0 Å². The number of anilines is 1. The van der Waals surface area contributed by atoms with Crippen LogP contribution in [0.4, 0.5) is 5.95 Å². The Hall–Kier alpha value is -2.39. The number of morpholine rings is 1. The van der Waals surface area contributed by atoms with Crippen molar-refractivity contribution in [3.05, 3.63) is 42.0 Å². The van der Waals surface area contributed by atoms with Crippen molar-refractivity contribution >= 4 is 17.7 Å². The van der Waals surface area contributed by atoms with Crippen LogP contribution < -0.4 is 4.90 Å². The smallest absolute Gasteiger partial charge is 0.239 e. The van der Waals surface area contributed by atoms with Crippen LogP contribution >= 0.6 is 11.8 Å². The summed E-state index contributed by atoms with van der Waals surface area (Å²) in [6.45, 7) is 9.13. The van der Waals surface area contributed by atoms with E-state index in [1.807, 2.05) is 39.0 Å². The minimum Gasteiger partial charge on any atom is -0.378 e. The van der Waals surface area contributed by atoms with Crippen LogP contribution in [0.2, 0.25) is 0 Å². The molecule has 1 aromatic carbocycles. The predicted molar refractivity (Wildman–Crippen MR) is 107 cm³/mol. The van der Waals surface area contributed by atoms with Crippen LogP contribution in [0.3, 0.4) is 0 Å². The maximum atomic E-state index is 5.49. The van der Waals surface area contributed by atoms with E-state index in [1.54, 1.807) is 11.8 Å². The van der Waals surface area contributed by atoms with Crippen LogP contribution in [0.25, 0.3) is 5.69 Å². The first-order valence-electron chi connectivity index (χ1n) is 9.47. The highest BCUT2D eigenvalue weighted by Gasteiger charge is 2.25. The van der Waals surface area contributed by atoms with Gasteiger partial charge in [0.2, 0.25) is 11.8 Å². The Morgan fingerprint density at radius 1 is 1.04 bits per heavy atom. The fourth-order valence-corrected chi connectivity index (χ4v) is 3.86. The first-order valence-corrected chi connectivity index (χ1v) is 10.3. The average molecular weight is 401 g/mol. The van der Waals surface area contributed by atoms with Crippen LogP contribution in [0.15, 0.2) is 40.0 Å². The second-order valence-electron chi connectivity index (χ2n) is 6.96. The lowest BCUT2D eigenvalue weighted by molar-refractivity contribution is 0.122. The maximum absolute atomic E-state index is 5.49. The van der Waals surface area contributed by atoms with Crippen LogP contribution in [0, 0.1) is 0 Å². The molecule has 3 aromatic rings.